The van der Waals surface area contributed by atoms with Gasteiger partial charge in [0.15, 0.2) is 0 Å². The Kier molecular flexibility index (Phi) is 6.47. The summed E-state index contributed by atoms with van der Waals surface area (Å²) >= 11 is 0. The number of hydrogen-bond donors (Lipinski definition) is 3. The molecule has 1 saturated heterocycles. The van der Waals surface area contributed by atoms with Crippen molar-refractivity contribution >= 4 is 18.0 Å². The van der Waals surface area contributed by atoms with Gasteiger partial charge in [0, 0.05) is 19.0 Å². The highest BCUT2D eigenvalue weighted by Crippen LogP contribution is 2.44. The number of carbonyl (C=O) groups excluding carboxylic acids is 2. The largest absolute Gasteiger partial charge is 0.481 e. The van der Waals surface area contributed by atoms with E-state index in [1.807, 2.05) is 24.3 Å². The molecular weight excluding hydrogens is 448 g/mol. The Hall–Kier alpha value is -3.39. The average molecular weight is 479 g/mol. The van der Waals surface area contributed by atoms with Gasteiger partial charge in [0.25, 0.3) is 0 Å². The van der Waals surface area contributed by atoms with Crippen molar-refractivity contribution < 1.29 is 29.0 Å². The second kappa shape index (κ2) is 9.70. The smallest absolute Gasteiger partial charge is 0.407 e. The zero-order valence-corrected chi connectivity index (χ0v) is 19.5. The van der Waals surface area contributed by atoms with E-state index in [1.54, 1.807) is 0 Å². The quantitative estimate of drug-likeness (QED) is 0.537. The summed E-state index contributed by atoms with van der Waals surface area (Å²) in [4.78, 5) is 36.5. The Morgan fingerprint density at radius 1 is 1.00 bits per heavy atom. The summed E-state index contributed by atoms with van der Waals surface area (Å²) in [5, 5.41) is 14.8. The van der Waals surface area contributed by atoms with Gasteiger partial charge in [-0.05, 0) is 41.5 Å². The fraction of sp³-hybridized carbons (Fsp3) is 0.444. The van der Waals surface area contributed by atoms with Crippen molar-refractivity contribution in [2.45, 2.75) is 37.7 Å². The highest BCUT2D eigenvalue weighted by Gasteiger charge is 2.45. The van der Waals surface area contributed by atoms with Crippen LogP contribution >= 0.6 is 0 Å². The normalized spacial score (nSPS) is 21.9. The summed E-state index contributed by atoms with van der Waals surface area (Å²) < 4.78 is 11.1. The Morgan fingerprint density at radius 2 is 1.66 bits per heavy atom. The summed E-state index contributed by atoms with van der Waals surface area (Å²) in [6.45, 7) is 0.876. The first-order chi connectivity index (χ1) is 17.0. The van der Waals surface area contributed by atoms with Crippen molar-refractivity contribution in [1.29, 1.82) is 0 Å². The summed E-state index contributed by atoms with van der Waals surface area (Å²) in [5.41, 5.74) is 3.98. The molecule has 3 aliphatic rings. The van der Waals surface area contributed by atoms with Crippen LogP contribution in [0.25, 0.3) is 11.1 Å². The second-order valence-corrected chi connectivity index (χ2v) is 9.75. The van der Waals surface area contributed by atoms with Gasteiger partial charge in [-0.2, -0.15) is 0 Å². The minimum absolute atomic E-state index is 0.0184. The van der Waals surface area contributed by atoms with Crippen molar-refractivity contribution in [3.8, 4) is 11.1 Å². The van der Waals surface area contributed by atoms with Crippen LogP contribution in [0.5, 0.6) is 0 Å². The summed E-state index contributed by atoms with van der Waals surface area (Å²) in [6, 6.07) is 16.3. The SMILES string of the molecule is O=C(NCC1(C(=O)NCC2CC(C(=O)O)CO2)CCC1)OCC1c2ccccc2-c2ccccc21. The van der Waals surface area contributed by atoms with Gasteiger partial charge in [-0.1, -0.05) is 55.0 Å². The molecule has 2 fully saturated rings. The van der Waals surface area contributed by atoms with Crippen LogP contribution in [-0.4, -0.2) is 55.5 Å². The zero-order valence-electron chi connectivity index (χ0n) is 19.5. The molecule has 1 aliphatic heterocycles. The third-order valence-electron chi connectivity index (χ3n) is 7.63. The van der Waals surface area contributed by atoms with E-state index in [2.05, 4.69) is 34.9 Å². The zero-order chi connectivity index (χ0) is 24.4. The van der Waals surface area contributed by atoms with Crippen molar-refractivity contribution in [1.82, 2.24) is 10.6 Å². The summed E-state index contributed by atoms with van der Waals surface area (Å²) in [5.74, 6) is -1.55. The molecule has 8 nitrogen and oxygen atoms in total. The molecule has 8 heteroatoms. The summed E-state index contributed by atoms with van der Waals surface area (Å²) in [6.07, 6.45) is 1.85. The lowest BCUT2D eigenvalue weighted by molar-refractivity contribution is -0.141. The molecule has 0 aromatic heterocycles. The van der Waals surface area contributed by atoms with Crippen molar-refractivity contribution in [2.24, 2.45) is 11.3 Å². The minimum atomic E-state index is -0.874. The topological polar surface area (TPSA) is 114 Å². The van der Waals surface area contributed by atoms with Crippen molar-refractivity contribution in [3.63, 3.8) is 0 Å². The fourth-order valence-electron chi connectivity index (χ4n) is 5.39. The maximum Gasteiger partial charge on any atom is 0.407 e. The molecule has 2 unspecified atom stereocenters. The molecule has 2 aliphatic carbocycles. The Labute approximate surface area is 204 Å². The Morgan fingerprint density at radius 3 is 2.23 bits per heavy atom. The standard InChI is InChI=1S/C27H30N2O6/c30-24(31)17-12-18(34-14-17)13-28-25(32)27(10-5-11-27)16-29-26(33)35-15-23-21-8-3-1-6-19(21)20-7-2-4-9-22(20)23/h1-4,6-9,17-18,23H,5,10-16H2,(H,28,32)(H,29,33)(H,30,31). The number of aliphatic carboxylic acids is 1. The van der Waals surface area contributed by atoms with Gasteiger partial charge in [-0.3, -0.25) is 9.59 Å². The molecule has 35 heavy (non-hydrogen) atoms. The predicted octanol–water partition coefficient (Wildman–Crippen LogP) is 3.30. The summed E-state index contributed by atoms with van der Waals surface area (Å²) in [7, 11) is 0. The van der Waals surface area contributed by atoms with Gasteiger partial charge in [0.1, 0.15) is 6.61 Å². The molecule has 0 bridgehead atoms. The molecule has 0 radical (unpaired) electrons. The van der Waals surface area contributed by atoms with Crippen LogP contribution in [0.15, 0.2) is 48.5 Å². The highest BCUT2D eigenvalue weighted by molar-refractivity contribution is 5.84. The third-order valence-corrected chi connectivity index (χ3v) is 7.63. The van der Waals surface area contributed by atoms with E-state index in [0.717, 1.165) is 17.5 Å². The van der Waals surface area contributed by atoms with Crippen molar-refractivity contribution in [3.05, 3.63) is 59.7 Å². The number of amides is 2. The first kappa shape index (κ1) is 23.4. The van der Waals surface area contributed by atoms with E-state index >= 15 is 0 Å². The second-order valence-electron chi connectivity index (χ2n) is 9.75. The van der Waals surface area contributed by atoms with Crippen LogP contribution in [0.3, 0.4) is 0 Å². The van der Waals surface area contributed by atoms with E-state index in [9.17, 15) is 14.4 Å². The predicted molar refractivity (Wildman–Crippen MR) is 128 cm³/mol. The lowest BCUT2D eigenvalue weighted by Gasteiger charge is -2.40. The first-order valence-electron chi connectivity index (χ1n) is 12.2. The van der Waals surface area contributed by atoms with Gasteiger partial charge in [0.05, 0.1) is 24.0 Å². The molecule has 1 saturated carbocycles. The molecule has 0 spiro atoms. The van der Waals surface area contributed by atoms with Gasteiger partial charge < -0.3 is 25.2 Å². The number of fused-ring (bicyclic) bond motifs is 3. The lowest BCUT2D eigenvalue weighted by atomic mass is 9.68. The van der Waals surface area contributed by atoms with Crippen LogP contribution in [0.2, 0.25) is 0 Å². The number of carboxylic acids is 1. The maximum atomic E-state index is 12.9. The number of nitrogens with one attached hydrogen (secondary N) is 2. The Balaban J connectivity index is 1.12. The number of ether oxygens (including phenoxy) is 2. The highest BCUT2D eigenvalue weighted by atomic mass is 16.5. The molecule has 1 heterocycles. The van der Waals surface area contributed by atoms with E-state index in [0.29, 0.717) is 19.3 Å². The van der Waals surface area contributed by atoms with E-state index in [4.69, 9.17) is 14.6 Å². The molecular formula is C27H30N2O6. The first-order valence-corrected chi connectivity index (χ1v) is 12.2. The van der Waals surface area contributed by atoms with Gasteiger partial charge >= 0.3 is 12.1 Å². The monoisotopic (exact) mass is 478 g/mol. The van der Waals surface area contributed by atoms with Crippen molar-refractivity contribution in [2.75, 3.05) is 26.3 Å². The van der Waals surface area contributed by atoms with Crippen LogP contribution in [0, 0.1) is 11.3 Å². The molecule has 2 aromatic rings. The third kappa shape index (κ3) is 4.62. The number of hydrogen-bond acceptors (Lipinski definition) is 5. The lowest BCUT2D eigenvalue weighted by Crippen LogP contribution is -2.53. The molecule has 2 atom stereocenters. The molecule has 3 N–H and O–H groups in total. The fourth-order valence-corrected chi connectivity index (χ4v) is 5.39. The number of benzene rings is 2. The number of carboxylic acid groups (broad SMARTS) is 1. The van der Waals surface area contributed by atoms with Crippen LogP contribution in [-0.2, 0) is 19.1 Å². The molecule has 2 amide bonds. The van der Waals surface area contributed by atoms with E-state index < -0.39 is 23.4 Å². The number of carbonyl (C=O) groups is 3. The van der Waals surface area contributed by atoms with Crippen LogP contribution in [0.4, 0.5) is 4.79 Å². The van der Waals surface area contributed by atoms with E-state index in [1.165, 1.54) is 11.1 Å². The van der Waals surface area contributed by atoms with Crippen LogP contribution < -0.4 is 10.6 Å². The van der Waals surface area contributed by atoms with Gasteiger partial charge in [-0.15, -0.1) is 0 Å². The van der Waals surface area contributed by atoms with Crippen LogP contribution in [0.1, 0.15) is 42.7 Å². The van der Waals surface area contributed by atoms with Gasteiger partial charge in [0.2, 0.25) is 5.91 Å². The number of alkyl carbamates (subject to hydrolysis) is 1. The Bertz CT molecular complexity index is 1080. The maximum absolute atomic E-state index is 12.9. The average Bonchev–Trinajstić information content (AvgIpc) is 3.44. The van der Waals surface area contributed by atoms with E-state index in [-0.39, 0.29) is 44.2 Å². The number of rotatable bonds is 8. The minimum Gasteiger partial charge on any atom is -0.481 e. The molecule has 5 rings (SSSR count). The van der Waals surface area contributed by atoms with Gasteiger partial charge in [-0.25, -0.2) is 4.79 Å². The molecule has 184 valence electrons. The molecule has 2 aromatic carbocycles.